The summed E-state index contributed by atoms with van der Waals surface area (Å²) >= 11 is 0. The maximum atomic E-state index is 12.5. The van der Waals surface area contributed by atoms with Crippen LogP contribution in [-0.4, -0.2) is 64.6 Å². The number of nitrogens with one attached hydrogen (secondary N) is 2. The molecule has 0 aliphatic carbocycles. The second kappa shape index (κ2) is 9.97. The van der Waals surface area contributed by atoms with Crippen LogP contribution >= 0.6 is 0 Å². The Morgan fingerprint density at radius 2 is 2.09 bits per heavy atom. The van der Waals surface area contributed by atoms with Crippen LogP contribution < -0.4 is 10.2 Å². The Bertz CT molecular complexity index is 1190. The van der Waals surface area contributed by atoms with Crippen molar-refractivity contribution in [1.82, 2.24) is 30.0 Å². The zero-order chi connectivity index (χ0) is 25.2. The molecule has 0 saturated carbocycles. The normalized spacial score (nSPS) is 14.4. The number of rotatable bonds is 9. The molecule has 9 nitrogen and oxygen atoms in total. The molecule has 4 rings (SSSR count). The number of fused-ring (bicyclic) bond motifs is 2. The molecule has 0 spiro atoms. The van der Waals surface area contributed by atoms with Crippen molar-refractivity contribution in [3.63, 3.8) is 0 Å². The maximum absolute atomic E-state index is 12.5. The van der Waals surface area contributed by atoms with Crippen LogP contribution in [-0.2, 0) is 24.4 Å². The first-order valence-corrected chi connectivity index (χ1v) is 15.3. The molecule has 1 aliphatic rings. The van der Waals surface area contributed by atoms with Crippen molar-refractivity contribution in [3.05, 3.63) is 35.5 Å². The highest BCUT2D eigenvalue weighted by atomic mass is 28.3. The molecule has 0 radical (unpaired) electrons. The first-order valence-electron chi connectivity index (χ1n) is 11.6. The summed E-state index contributed by atoms with van der Waals surface area (Å²) in [7, 11) is -1.17. The molecule has 1 aliphatic heterocycles. The number of carbonyl (C=O) groups excluding carboxylic acids is 1. The largest absolute Gasteiger partial charge is 0.390 e. The number of H-pyrrole nitrogens is 1. The zero-order valence-corrected chi connectivity index (χ0v) is 21.1. The minimum Gasteiger partial charge on any atom is -0.361 e. The van der Waals surface area contributed by atoms with Gasteiger partial charge in [-0.1, -0.05) is 19.6 Å². The van der Waals surface area contributed by atoms with E-state index in [4.69, 9.17) is 4.74 Å². The van der Waals surface area contributed by atoms with Crippen LogP contribution in [0.15, 0.2) is 18.6 Å². The average Bonchev–Trinajstić information content (AvgIpc) is 3.39. The third-order valence-corrected chi connectivity index (χ3v) is 7.61. The lowest BCUT2D eigenvalue weighted by molar-refractivity contribution is -0.133. The van der Waals surface area contributed by atoms with Crippen molar-refractivity contribution >= 4 is 30.8 Å². The number of amides is 1. The van der Waals surface area contributed by atoms with E-state index in [1.165, 1.54) is 6.33 Å². The van der Waals surface area contributed by atoms with Gasteiger partial charge in [-0.3, -0.25) is 9.89 Å². The van der Waals surface area contributed by atoms with Gasteiger partial charge in [-0.15, -0.1) is 0 Å². The van der Waals surface area contributed by atoms with Gasteiger partial charge in [-0.2, -0.15) is 18.3 Å². The lowest BCUT2D eigenvalue weighted by Gasteiger charge is -2.28. The maximum Gasteiger partial charge on any atom is 0.390 e. The van der Waals surface area contributed by atoms with E-state index in [1.54, 1.807) is 0 Å². The van der Waals surface area contributed by atoms with Crippen LogP contribution in [0.1, 0.15) is 28.2 Å². The quantitative estimate of drug-likeness (QED) is 0.337. The van der Waals surface area contributed by atoms with Crippen LogP contribution in [0.3, 0.4) is 0 Å². The van der Waals surface area contributed by atoms with Crippen LogP contribution in [0, 0.1) is 0 Å². The molecule has 4 heterocycles. The van der Waals surface area contributed by atoms with Crippen molar-refractivity contribution in [2.24, 2.45) is 0 Å². The molecule has 0 fully saturated rings. The fourth-order valence-corrected chi connectivity index (χ4v) is 4.71. The summed E-state index contributed by atoms with van der Waals surface area (Å²) in [5, 5.41) is 10.1. The molecule has 1 amide bonds. The van der Waals surface area contributed by atoms with Gasteiger partial charge in [0.05, 0.1) is 11.8 Å². The van der Waals surface area contributed by atoms with Crippen LogP contribution in [0.2, 0.25) is 25.7 Å². The van der Waals surface area contributed by atoms with Gasteiger partial charge in [0.2, 0.25) is 0 Å². The van der Waals surface area contributed by atoms with Crippen molar-refractivity contribution in [1.29, 1.82) is 0 Å². The third-order valence-electron chi connectivity index (χ3n) is 5.90. The molecule has 0 saturated heterocycles. The zero-order valence-electron chi connectivity index (χ0n) is 20.1. The highest BCUT2D eigenvalue weighted by Gasteiger charge is 2.29. The summed E-state index contributed by atoms with van der Waals surface area (Å²) < 4.78 is 45.1. The monoisotopic (exact) mass is 509 g/mol. The van der Waals surface area contributed by atoms with Crippen LogP contribution in [0.5, 0.6) is 0 Å². The summed E-state index contributed by atoms with van der Waals surface area (Å²) in [6.07, 6.45) is -1.39. The van der Waals surface area contributed by atoms with Gasteiger partial charge in [-0.25, -0.2) is 9.97 Å². The first-order chi connectivity index (χ1) is 16.5. The van der Waals surface area contributed by atoms with Gasteiger partial charge in [0.15, 0.2) is 5.69 Å². The van der Waals surface area contributed by atoms with Gasteiger partial charge in [0.25, 0.3) is 5.91 Å². The lowest BCUT2D eigenvalue weighted by Crippen LogP contribution is -2.33. The number of ether oxygens (including phenoxy) is 1. The smallest absolute Gasteiger partial charge is 0.361 e. The molecule has 0 bridgehead atoms. The van der Waals surface area contributed by atoms with E-state index in [0.29, 0.717) is 38.4 Å². The summed E-state index contributed by atoms with van der Waals surface area (Å²) in [6, 6.07) is 3.03. The Morgan fingerprint density at radius 1 is 1.29 bits per heavy atom. The SMILES string of the molecule is C[Si](C)(C)CCOCn1ccc2c(N3CCc4[nH]nc(C(=O)NCCC(F)(F)F)c4C3)ncnc21. The molecule has 0 unspecified atom stereocenters. The number of carbonyl (C=O) groups is 1. The second-order valence-corrected chi connectivity index (χ2v) is 15.5. The van der Waals surface area contributed by atoms with E-state index in [9.17, 15) is 18.0 Å². The highest BCUT2D eigenvalue weighted by molar-refractivity contribution is 6.76. The highest BCUT2D eigenvalue weighted by Crippen LogP contribution is 2.29. The van der Waals surface area contributed by atoms with Crippen molar-refractivity contribution < 1.29 is 22.7 Å². The number of hydrogen-bond donors (Lipinski definition) is 2. The molecule has 3 aromatic heterocycles. The van der Waals surface area contributed by atoms with Crippen LogP contribution in [0.25, 0.3) is 11.0 Å². The fourth-order valence-electron chi connectivity index (χ4n) is 3.95. The lowest BCUT2D eigenvalue weighted by atomic mass is 10.0. The van der Waals surface area contributed by atoms with Gasteiger partial charge in [0, 0.05) is 58.2 Å². The Balaban J connectivity index is 1.46. The summed E-state index contributed by atoms with van der Waals surface area (Å²) in [5.41, 5.74) is 2.35. The van der Waals surface area contributed by atoms with E-state index < -0.39 is 33.1 Å². The predicted octanol–water partition coefficient (Wildman–Crippen LogP) is 3.71. The molecular weight excluding hydrogens is 479 g/mol. The molecule has 3 aromatic rings. The Kier molecular flexibility index (Phi) is 7.17. The standard InChI is InChI=1S/C22H30F3N7O2Si/c1-35(2,3)11-10-34-14-32-8-4-15-19(27-13-28-20(15)32)31-9-5-17-16(12-31)18(30-29-17)21(33)26-7-6-22(23,24)25/h4,8,13H,5-7,9-12,14H2,1-3H3,(H,26,33)(H,29,30). The van der Waals surface area contributed by atoms with Gasteiger partial charge >= 0.3 is 6.18 Å². The Morgan fingerprint density at radius 3 is 2.83 bits per heavy atom. The number of hydrogen-bond acceptors (Lipinski definition) is 6. The molecule has 0 aromatic carbocycles. The van der Waals surface area contributed by atoms with Gasteiger partial charge < -0.3 is 19.5 Å². The van der Waals surface area contributed by atoms with Crippen molar-refractivity contribution in [2.45, 2.75) is 58.0 Å². The van der Waals surface area contributed by atoms with E-state index in [1.807, 2.05) is 21.7 Å². The third kappa shape index (κ3) is 6.20. The van der Waals surface area contributed by atoms with Crippen LogP contribution in [0.4, 0.5) is 19.0 Å². The Hall–Kier alpha value is -2.93. The fraction of sp³-hybridized carbons (Fsp3) is 0.545. The number of anilines is 1. The molecule has 2 N–H and O–H groups in total. The molecule has 35 heavy (non-hydrogen) atoms. The van der Waals surface area contributed by atoms with E-state index in [0.717, 1.165) is 28.6 Å². The number of nitrogens with zero attached hydrogens (tertiary/aromatic N) is 5. The predicted molar refractivity (Wildman–Crippen MR) is 128 cm³/mol. The second-order valence-electron chi connectivity index (χ2n) is 9.89. The summed E-state index contributed by atoms with van der Waals surface area (Å²) in [4.78, 5) is 23.5. The minimum atomic E-state index is -4.33. The number of halogens is 3. The minimum absolute atomic E-state index is 0.116. The van der Waals surface area contributed by atoms with Gasteiger partial charge in [-0.05, 0) is 12.1 Å². The number of aromatic amines is 1. The van der Waals surface area contributed by atoms with Gasteiger partial charge in [0.1, 0.15) is 24.5 Å². The van der Waals surface area contributed by atoms with Crippen molar-refractivity contribution in [2.75, 3.05) is 24.6 Å². The first kappa shape index (κ1) is 25.2. The van der Waals surface area contributed by atoms with E-state index >= 15 is 0 Å². The Labute approximate surface area is 202 Å². The summed E-state index contributed by atoms with van der Waals surface area (Å²) in [6.45, 7) is 8.54. The number of alkyl halides is 3. The molecule has 0 atom stereocenters. The average molecular weight is 510 g/mol. The number of aromatic nitrogens is 5. The molecule has 13 heteroatoms. The van der Waals surface area contributed by atoms with Crippen molar-refractivity contribution in [3.8, 4) is 0 Å². The molecule has 190 valence electrons. The van der Waals surface area contributed by atoms with E-state index in [2.05, 4.69) is 45.1 Å². The topological polar surface area (TPSA) is 101 Å². The van der Waals surface area contributed by atoms with E-state index in [-0.39, 0.29) is 5.69 Å². The summed E-state index contributed by atoms with van der Waals surface area (Å²) in [5.74, 6) is 0.106. The molecular formula is C22H30F3N7O2Si.